The lowest BCUT2D eigenvalue weighted by molar-refractivity contribution is 0.0830. The minimum absolute atomic E-state index is 0.0959. The molecule has 1 aliphatic rings. The molecule has 0 unspecified atom stereocenters. The van der Waals surface area contributed by atoms with Crippen molar-refractivity contribution in [3.63, 3.8) is 0 Å². The van der Waals surface area contributed by atoms with E-state index in [4.69, 9.17) is 0 Å². The van der Waals surface area contributed by atoms with Gasteiger partial charge in [0, 0.05) is 42.3 Å². The van der Waals surface area contributed by atoms with E-state index in [0.717, 1.165) is 22.4 Å². The summed E-state index contributed by atoms with van der Waals surface area (Å²) in [6.07, 6.45) is 2.79. The van der Waals surface area contributed by atoms with Gasteiger partial charge in [0.2, 0.25) is 10.0 Å². The van der Waals surface area contributed by atoms with Crippen LogP contribution >= 0.6 is 11.3 Å². The normalized spacial score (nSPS) is 16.2. The zero-order chi connectivity index (χ0) is 28.5. The zero-order valence-electron chi connectivity index (χ0n) is 22.8. The highest BCUT2D eigenvalue weighted by molar-refractivity contribution is 7.92. The Bertz CT molecular complexity index is 1390. The number of aliphatic hydroxyl groups is 1. The summed E-state index contributed by atoms with van der Waals surface area (Å²) < 4.78 is 27.0. The smallest absolute Gasteiger partial charge is 0.251 e. The highest BCUT2D eigenvalue weighted by Crippen LogP contribution is 2.28. The predicted molar refractivity (Wildman–Crippen MR) is 164 cm³/mol. The number of sulfonamides is 1. The van der Waals surface area contributed by atoms with Gasteiger partial charge in [-0.3, -0.25) is 9.10 Å². The molecule has 3 aromatic rings. The highest BCUT2D eigenvalue weighted by Gasteiger charge is 2.28. The fourth-order valence-electron chi connectivity index (χ4n) is 4.76. The van der Waals surface area contributed by atoms with Gasteiger partial charge in [-0.25, -0.2) is 8.42 Å². The van der Waals surface area contributed by atoms with E-state index < -0.39 is 22.2 Å². The molecule has 40 heavy (non-hydrogen) atoms. The van der Waals surface area contributed by atoms with Crippen molar-refractivity contribution in [3.8, 4) is 0 Å². The molecule has 0 spiro atoms. The summed E-state index contributed by atoms with van der Waals surface area (Å²) in [5.41, 5.74) is 3.53. The van der Waals surface area contributed by atoms with Crippen LogP contribution in [-0.2, 0) is 23.0 Å². The summed E-state index contributed by atoms with van der Waals surface area (Å²) in [5.74, 6) is -0.275. The summed E-state index contributed by atoms with van der Waals surface area (Å²) in [4.78, 5) is 14.7. The van der Waals surface area contributed by atoms with Gasteiger partial charge in [0.05, 0.1) is 23.6 Å². The predicted octanol–water partition coefficient (Wildman–Crippen LogP) is 4.24. The number of hydrogen-bond acceptors (Lipinski definition) is 7. The van der Waals surface area contributed by atoms with Crippen LogP contribution in [0.2, 0.25) is 0 Å². The summed E-state index contributed by atoms with van der Waals surface area (Å²) >= 11 is 1.62. The molecule has 1 saturated heterocycles. The number of carbonyl (C=O) groups is 1. The van der Waals surface area contributed by atoms with E-state index in [2.05, 4.69) is 28.6 Å². The lowest BCUT2D eigenvalue weighted by Crippen LogP contribution is -2.48. The van der Waals surface area contributed by atoms with E-state index in [9.17, 15) is 18.3 Å². The van der Waals surface area contributed by atoms with E-state index in [-0.39, 0.29) is 18.2 Å². The van der Waals surface area contributed by atoms with Gasteiger partial charge in [-0.1, -0.05) is 43.0 Å². The number of thiophene rings is 1. The molecule has 2 atom stereocenters. The fourth-order valence-corrected chi connectivity index (χ4v) is 7.22. The minimum Gasteiger partial charge on any atom is -0.390 e. The molecular formula is C30H38N4O4S2. The largest absolute Gasteiger partial charge is 0.390 e. The molecule has 1 amide bonds. The third-order valence-electron chi connectivity index (χ3n) is 6.84. The summed E-state index contributed by atoms with van der Waals surface area (Å²) in [7, 11) is -3.44. The summed E-state index contributed by atoms with van der Waals surface area (Å²) in [6.45, 7) is 7.63. The molecule has 214 valence electrons. The molecule has 1 fully saturated rings. The fraction of sp³-hybridized carbons (Fsp3) is 0.367. The second-order valence-electron chi connectivity index (χ2n) is 9.91. The van der Waals surface area contributed by atoms with Crippen LogP contribution < -0.4 is 20.3 Å². The third-order valence-corrected chi connectivity index (χ3v) is 9.66. The van der Waals surface area contributed by atoms with Crippen LogP contribution in [0.5, 0.6) is 0 Å². The van der Waals surface area contributed by atoms with Crippen molar-refractivity contribution in [1.82, 2.24) is 10.6 Å². The summed E-state index contributed by atoms with van der Waals surface area (Å²) in [5, 5.41) is 22.7. The first kappa shape index (κ1) is 29.8. The first-order chi connectivity index (χ1) is 19.3. The van der Waals surface area contributed by atoms with Crippen molar-refractivity contribution in [2.45, 2.75) is 44.9 Å². The summed E-state index contributed by atoms with van der Waals surface area (Å²) in [6, 6.07) is 16.3. The second-order valence-corrected chi connectivity index (χ2v) is 12.9. The molecule has 1 aliphatic heterocycles. The second kappa shape index (κ2) is 13.9. The number of rotatable bonds is 13. The maximum atomic E-state index is 13.6. The monoisotopic (exact) mass is 582 g/mol. The van der Waals surface area contributed by atoms with Gasteiger partial charge in [-0.2, -0.15) is 0 Å². The molecular weight excluding hydrogens is 544 g/mol. The Labute approximate surface area is 241 Å². The Morgan fingerprint density at radius 3 is 2.67 bits per heavy atom. The lowest BCUT2D eigenvalue weighted by Gasteiger charge is -2.29. The van der Waals surface area contributed by atoms with Gasteiger partial charge in [0.25, 0.3) is 5.91 Å². The molecule has 2 aromatic carbocycles. The Balaban J connectivity index is 1.53. The molecule has 4 N–H and O–H groups in total. The molecule has 10 heteroatoms. The van der Waals surface area contributed by atoms with Crippen molar-refractivity contribution >= 4 is 44.7 Å². The topological polar surface area (TPSA) is 111 Å². The van der Waals surface area contributed by atoms with Gasteiger partial charge in [0.15, 0.2) is 0 Å². The molecule has 8 nitrogen and oxygen atoms in total. The van der Waals surface area contributed by atoms with Gasteiger partial charge < -0.3 is 21.1 Å². The van der Waals surface area contributed by atoms with Crippen LogP contribution in [-0.4, -0.2) is 57.0 Å². The number of benzene rings is 2. The number of anilines is 2. The first-order valence-corrected chi connectivity index (χ1v) is 16.1. The molecule has 0 bridgehead atoms. The Morgan fingerprint density at radius 2 is 1.98 bits per heavy atom. The van der Waals surface area contributed by atoms with E-state index in [0.29, 0.717) is 49.4 Å². The number of aliphatic hydroxyl groups excluding tert-OH is 1. The van der Waals surface area contributed by atoms with E-state index in [1.54, 1.807) is 35.6 Å². The molecule has 0 radical (unpaired) electrons. The van der Waals surface area contributed by atoms with Gasteiger partial charge >= 0.3 is 0 Å². The Morgan fingerprint density at radius 1 is 1.18 bits per heavy atom. The quantitative estimate of drug-likeness (QED) is 0.240. The SMILES string of the molecule is C=Cc1csc(CNC[C@@H](O)[C@H](Cc2ccccc2)NC(=O)c2cc(NCC)cc(N3CCCCS3(=O)=O)c2)c1. The first-order valence-electron chi connectivity index (χ1n) is 13.6. The molecule has 0 saturated carbocycles. The van der Waals surface area contributed by atoms with E-state index in [1.807, 2.05) is 42.6 Å². The molecule has 4 rings (SSSR count). The Hall–Kier alpha value is -3.18. The number of carbonyl (C=O) groups excluding carboxylic acids is 1. The molecule has 1 aromatic heterocycles. The van der Waals surface area contributed by atoms with Gasteiger partial charge in [-0.05, 0) is 67.0 Å². The standard InChI is InChI=1S/C30H38N4O4S2/c1-3-22-14-27(39-21-22)19-31-20-29(35)28(15-23-10-6-5-7-11-23)33-30(36)24-16-25(32-4-2)18-26(17-24)34-12-8-9-13-40(34,37)38/h3,5-7,10-11,14,16-18,21,28-29,31-32,35H,1,4,8-9,12-13,15,19-20H2,2H3,(H,33,36)/t28-,29+/m0/s1. The average molecular weight is 583 g/mol. The lowest BCUT2D eigenvalue weighted by atomic mass is 10.00. The third kappa shape index (κ3) is 7.94. The number of hydrogen-bond donors (Lipinski definition) is 4. The van der Waals surface area contributed by atoms with Crippen LogP contribution in [0.3, 0.4) is 0 Å². The van der Waals surface area contributed by atoms with Crippen molar-refractivity contribution in [1.29, 1.82) is 0 Å². The van der Waals surface area contributed by atoms with Crippen LogP contribution in [0.1, 0.15) is 46.1 Å². The number of amides is 1. The van der Waals surface area contributed by atoms with Gasteiger partial charge in [0.1, 0.15) is 0 Å². The van der Waals surface area contributed by atoms with Crippen LogP contribution in [0.4, 0.5) is 11.4 Å². The molecule has 2 heterocycles. The van der Waals surface area contributed by atoms with Crippen molar-refractivity contribution < 1.29 is 18.3 Å². The van der Waals surface area contributed by atoms with Crippen molar-refractivity contribution in [2.75, 3.05) is 35.0 Å². The van der Waals surface area contributed by atoms with Crippen LogP contribution in [0.15, 0.2) is 66.6 Å². The zero-order valence-corrected chi connectivity index (χ0v) is 24.4. The average Bonchev–Trinajstić information content (AvgIpc) is 3.41. The van der Waals surface area contributed by atoms with Gasteiger partial charge in [-0.15, -0.1) is 11.3 Å². The minimum atomic E-state index is -3.44. The molecule has 0 aliphatic carbocycles. The Kier molecular flexibility index (Phi) is 10.4. The maximum absolute atomic E-state index is 13.6. The van der Waals surface area contributed by atoms with Crippen molar-refractivity contribution in [2.24, 2.45) is 0 Å². The van der Waals surface area contributed by atoms with E-state index in [1.165, 1.54) is 4.31 Å². The van der Waals surface area contributed by atoms with Crippen LogP contribution in [0, 0.1) is 0 Å². The number of nitrogens with zero attached hydrogens (tertiary/aromatic N) is 1. The van der Waals surface area contributed by atoms with Crippen molar-refractivity contribution in [3.05, 3.63) is 88.1 Å². The number of nitrogens with one attached hydrogen (secondary N) is 3. The van der Waals surface area contributed by atoms with E-state index >= 15 is 0 Å². The van der Waals surface area contributed by atoms with Crippen LogP contribution in [0.25, 0.3) is 6.08 Å². The highest BCUT2D eigenvalue weighted by atomic mass is 32.2. The maximum Gasteiger partial charge on any atom is 0.251 e.